The zero-order valence-corrected chi connectivity index (χ0v) is 15.6. The van der Waals surface area contributed by atoms with E-state index >= 15 is 0 Å². The fourth-order valence-electron chi connectivity index (χ4n) is 2.35. The predicted molar refractivity (Wildman–Crippen MR) is 102 cm³/mol. The van der Waals surface area contributed by atoms with E-state index in [0.717, 1.165) is 0 Å². The Bertz CT molecular complexity index is 780. The predicted octanol–water partition coefficient (Wildman–Crippen LogP) is 3.06. The number of carbonyl (C=O) groups excluding carboxylic acids is 1. The number of nitro groups is 1. The Labute approximate surface area is 158 Å². The summed E-state index contributed by atoms with van der Waals surface area (Å²) in [6.07, 6.45) is -0.880. The van der Waals surface area contributed by atoms with Crippen LogP contribution < -0.4 is 10.1 Å². The van der Waals surface area contributed by atoms with Gasteiger partial charge in [0.25, 0.3) is 11.6 Å². The normalized spacial score (nSPS) is 12.3. The third-order valence-electron chi connectivity index (χ3n) is 4.00. The molecule has 0 aliphatic heterocycles. The molecular formula is C20H24N2O5. The Morgan fingerprint density at radius 1 is 1.15 bits per heavy atom. The molecule has 2 rings (SSSR count). The molecule has 1 amide bonds. The molecular weight excluding hydrogens is 348 g/mol. The summed E-state index contributed by atoms with van der Waals surface area (Å²) in [5, 5.41) is 23.2. The van der Waals surface area contributed by atoms with Crippen LogP contribution in [0.25, 0.3) is 0 Å². The van der Waals surface area contributed by atoms with Gasteiger partial charge in [0.05, 0.1) is 4.92 Å². The van der Waals surface area contributed by atoms with Crippen molar-refractivity contribution in [1.29, 1.82) is 0 Å². The van der Waals surface area contributed by atoms with Crippen LogP contribution in [0.3, 0.4) is 0 Å². The molecule has 0 saturated heterocycles. The number of nitrogens with one attached hydrogen (secondary N) is 1. The molecule has 0 bridgehead atoms. The van der Waals surface area contributed by atoms with E-state index in [0.29, 0.717) is 5.75 Å². The molecule has 0 saturated carbocycles. The SMILES string of the molecule is CC(C)(C)c1ccc(OC[C@@H](O)CNC(=O)c2ccc([N+](=O)[O-])cc2)cc1. The second-order valence-electron chi connectivity index (χ2n) is 7.25. The first kappa shape index (κ1) is 20.4. The second kappa shape index (κ2) is 8.64. The number of ether oxygens (including phenoxy) is 1. The van der Waals surface area contributed by atoms with Crippen LogP contribution in [0, 0.1) is 10.1 Å². The third kappa shape index (κ3) is 6.07. The quantitative estimate of drug-likeness (QED) is 0.574. The monoisotopic (exact) mass is 372 g/mol. The summed E-state index contributed by atoms with van der Waals surface area (Å²) in [6, 6.07) is 12.9. The van der Waals surface area contributed by atoms with Crippen molar-refractivity contribution in [2.75, 3.05) is 13.2 Å². The van der Waals surface area contributed by atoms with Crippen LogP contribution in [0.1, 0.15) is 36.7 Å². The molecule has 0 fully saturated rings. The molecule has 0 spiro atoms. The topological polar surface area (TPSA) is 102 Å². The molecule has 2 aromatic carbocycles. The van der Waals surface area contributed by atoms with Crippen molar-refractivity contribution in [2.45, 2.75) is 32.3 Å². The summed E-state index contributed by atoms with van der Waals surface area (Å²) in [5.74, 6) is 0.224. The number of carbonyl (C=O) groups is 1. The van der Waals surface area contributed by atoms with Gasteiger partial charge in [0.1, 0.15) is 18.5 Å². The first-order valence-electron chi connectivity index (χ1n) is 8.61. The molecule has 144 valence electrons. The Kier molecular flexibility index (Phi) is 6.52. The molecule has 2 N–H and O–H groups in total. The molecule has 0 aliphatic rings. The minimum Gasteiger partial charge on any atom is -0.491 e. The van der Waals surface area contributed by atoms with Gasteiger partial charge in [0.2, 0.25) is 0 Å². The highest BCUT2D eigenvalue weighted by atomic mass is 16.6. The van der Waals surface area contributed by atoms with Gasteiger partial charge in [0, 0.05) is 24.2 Å². The number of nitrogens with zero attached hydrogens (tertiary/aromatic N) is 1. The largest absolute Gasteiger partial charge is 0.491 e. The lowest BCUT2D eigenvalue weighted by Gasteiger charge is -2.19. The van der Waals surface area contributed by atoms with E-state index in [9.17, 15) is 20.0 Å². The van der Waals surface area contributed by atoms with Crippen LogP contribution in [0.2, 0.25) is 0 Å². The molecule has 2 aromatic rings. The highest BCUT2D eigenvalue weighted by Crippen LogP contribution is 2.24. The Balaban J connectivity index is 1.79. The van der Waals surface area contributed by atoms with Crippen molar-refractivity contribution >= 4 is 11.6 Å². The number of nitro benzene ring substituents is 1. The molecule has 0 aromatic heterocycles. The van der Waals surface area contributed by atoms with E-state index < -0.39 is 16.9 Å². The summed E-state index contributed by atoms with van der Waals surface area (Å²) >= 11 is 0. The van der Waals surface area contributed by atoms with Crippen LogP contribution in [0.15, 0.2) is 48.5 Å². The lowest BCUT2D eigenvalue weighted by molar-refractivity contribution is -0.384. The van der Waals surface area contributed by atoms with Gasteiger partial charge in [-0.05, 0) is 35.2 Å². The third-order valence-corrected chi connectivity index (χ3v) is 4.00. The summed E-state index contributed by atoms with van der Waals surface area (Å²) in [7, 11) is 0. The minimum atomic E-state index is -0.880. The molecule has 0 unspecified atom stereocenters. The Hall–Kier alpha value is -2.93. The molecule has 7 heteroatoms. The number of hydrogen-bond acceptors (Lipinski definition) is 5. The molecule has 0 radical (unpaired) electrons. The van der Waals surface area contributed by atoms with Gasteiger partial charge in [-0.3, -0.25) is 14.9 Å². The van der Waals surface area contributed by atoms with Gasteiger partial charge >= 0.3 is 0 Å². The van der Waals surface area contributed by atoms with Gasteiger partial charge in [-0.25, -0.2) is 0 Å². The highest BCUT2D eigenvalue weighted by molar-refractivity contribution is 5.94. The average molecular weight is 372 g/mol. The van der Waals surface area contributed by atoms with Gasteiger partial charge in [-0.1, -0.05) is 32.9 Å². The maximum Gasteiger partial charge on any atom is 0.269 e. The van der Waals surface area contributed by atoms with Crippen LogP contribution in [0.4, 0.5) is 5.69 Å². The van der Waals surface area contributed by atoms with E-state index in [1.807, 2.05) is 24.3 Å². The van der Waals surface area contributed by atoms with Crippen molar-refractivity contribution in [3.8, 4) is 5.75 Å². The number of aliphatic hydroxyl groups is 1. The number of non-ortho nitro benzene ring substituents is 1. The van der Waals surface area contributed by atoms with Crippen molar-refractivity contribution in [3.63, 3.8) is 0 Å². The number of aliphatic hydroxyl groups excluding tert-OH is 1. The summed E-state index contributed by atoms with van der Waals surface area (Å²) in [4.78, 5) is 22.1. The Morgan fingerprint density at radius 3 is 2.26 bits per heavy atom. The Morgan fingerprint density at radius 2 is 1.74 bits per heavy atom. The van der Waals surface area contributed by atoms with Crippen LogP contribution in [-0.4, -0.2) is 35.2 Å². The average Bonchev–Trinajstić information content (AvgIpc) is 2.64. The standard InChI is InChI=1S/C20H24N2O5/c1-20(2,3)15-6-10-18(11-7-15)27-13-17(23)12-21-19(24)14-4-8-16(9-5-14)22(25)26/h4-11,17,23H,12-13H2,1-3H3,(H,21,24)/t17-/m0/s1. The maximum absolute atomic E-state index is 12.0. The van der Waals surface area contributed by atoms with Gasteiger partial charge < -0.3 is 15.2 Å². The van der Waals surface area contributed by atoms with E-state index in [4.69, 9.17) is 4.74 Å². The van der Waals surface area contributed by atoms with Gasteiger partial charge in [-0.2, -0.15) is 0 Å². The number of hydrogen-bond donors (Lipinski definition) is 2. The zero-order valence-electron chi connectivity index (χ0n) is 15.6. The van der Waals surface area contributed by atoms with Crippen molar-refractivity contribution in [1.82, 2.24) is 5.32 Å². The number of rotatable bonds is 7. The zero-order chi connectivity index (χ0) is 20.0. The smallest absolute Gasteiger partial charge is 0.269 e. The minimum absolute atomic E-state index is 0.00982. The lowest BCUT2D eigenvalue weighted by Crippen LogP contribution is -2.35. The first-order chi connectivity index (χ1) is 12.7. The number of benzene rings is 2. The van der Waals surface area contributed by atoms with Crippen LogP contribution in [-0.2, 0) is 5.41 Å². The van der Waals surface area contributed by atoms with Gasteiger partial charge in [0.15, 0.2) is 0 Å². The van der Waals surface area contributed by atoms with E-state index in [2.05, 4.69) is 26.1 Å². The van der Waals surface area contributed by atoms with Gasteiger partial charge in [-0.15, -0.1) is 0 Å². The van der Waals surface area contributed by atoms with E-state index in [-0.39, 0.29) is 29.8 Å². The van der Waals surface area contributed by atoms with Crippen molar-refractivity contribution < 1.29 is 19.6 Å². The first-order valence-corrected chi connectivity index (χ1v) is 8.61. The maximum atomic E-state index is 12.0. The second-order valence-corrected chi connectivity index (χ2v) is 7.25. The van der Waals surface area contributed by atoms with E-state index in [1.54, 1.807) is 0 Å². The molecule has 0 aliphatic carbocycles. The van der Waals surface area contributed by atoms with Crippen LogP contribution in [0.5, 0.6) is 5.75 Å². The fourth-order valence-corrected chi connectivity index (χ4v) is 2.35. The summed E-state index contributed by atoms with van der Waals surface area (Å²) in [6.45, 7) is 6.42. The molecule has 7 nitrogen and oxygen atoms in total. The number of amides is 1. The molecule has 1 atom stereocenters. The van der Waals surface area contributed by atoms with Crippen molar-refractivity contribution in [2.24, 2.45) is 0 Å². The summed E-state index contributed by atoms with van der Waals surface area (Å²) < 4.78 is 5.54. The lowest BCUT2D eigenvalue weighted by atomic mass is 9.87. The molecule has 0 heterocycles. The molecule has 27 heavy (non-hydrogen) atoms. The van der Waals surface area contributed by atoms with Crippen LogP contribution >= 0.6 is 0 Å². The highest BCUT2D eigenvalue weighted by Gasteiger charge is 2.14. The van der Waals surface area contributed by atoms with Crippen molar-refractivity contribution in [3.05, 3.63) is 69.8 Å². The fraction of sp³-hybridized carbons (Fsp3) is 0.350. The summed E-state index contributed by atoms with van der Waals surface area (Å²) in [5.41, 5.74) is 1.44. The van der Waals surface area contributed by atoms with E-state index in [1.165, 1.54) is 29.8 Å².